The van der Waals surface area contributed by atoms with Gasteiger partial charge in [0.2, 0.25) is 0 Å². The summed E-state index contributed by atoms with van der Waals surface area (Å²) in [5, 5.41) is 0. The van der Waals surface area contributed by atoms with Gasteiger partial charge in [0.1, 0.15) is 0 Å². The maximum atomic E-state index is 2.49. The highest BCUT2D eigenvalue weighted by Gasteiger charge is 2.38. The molecule has 1 saturated carbocycles. The average molecular weight is 154 g/mol. The van der Waals surface area contributed by atoms with Gasteiger partial charge in [0.25, 0.3) is 0 Å². The fourth-order valence-electron chi connectivity index (χ4n) is 2.03. The van der Waals surface area contributed by atoms with Gasteiger partial charge in [-0.15, -0.1) is 0 Å². The number of unbranched alkanes of at least 4 members (excludes halogenated alkanes) is 1. The molecule has 1 aliphatic rings. The van der Waals surface area contributed by atoms with Crippen molar-refractivity contribution in [1.82, 2.24) is 0 Å². The van der Waals surface area contributed by atoms with E-state index >= 15 is 0 Å². The van der Waals surface area contributed by atoms with Gasteiger partial charge in [-0.25, -0.2) is 0 Å². The first-order valence-electron chi connectivity index (χ1n) is 5.23. The van der Waals surface area contributed by atoms with E-state index < -0.39 is 0 Å². The maximum absolute atomic E-state index is 2.49. The third-order valence-electron chi connectivity index (χ3n) is 3.47. The molecule has 1 rings (SSSR count). The highest BCUT2D eigenvalue weighted by atomic mass is 14.4. The highest BCUT2D eigenvalue weighted by Crippen LogP contribution is 2.50. The van der Waals surface area contributed by atoms with Crippen LogP contribution in [0.5, 0.6) is 0 Å². The molecule has 0 aliphatic heterocycles. The van der Waals surface area contributed by atoms with Crippen molar-refractivity contribution in [3.05, 3.63) is 0 Å². The fraction of sp³-hybridized carbons (Fsp3) is 1.00. The van der Waals surface area contributed by atoms with Gasteiger partial charge < -0.3 is 0 Å². The lowest BCUT2D eigenvalue weighted by Gasteiger charge is -2.28. The molecule has 0 amide bonds. The Balaban J connectivity index is 2.31. The average Bonchev–Trinajstić information content (AvgIpc) is 2.82. The Labute approximate surface area is 71.4 Å². The molecule has 0 aromatic carbocycles. The summed E-state index contributed by atoms with van der Waals surface area (Å²) >= 11 is 0. The Morgan fingerprint density at radius 2 is 1.91 bits per heavy atom. The van der Waals surface area contributed by atoms with Crippen LogP contribution in [0.15, 0.2) is 0 Å². The molecular formula is C11H22. The van der Waals surface area contributed by atoms with E-state index in [4.69, 9.17) is 0 Å². The van der Waals surface area contributed by atoms with Crippen LogP contribution in [0.4, 0.5) is 0 Å². The van der Waals surface area contributed by atoms with E-state index in [1.807, 2.05) is 0 Å². The lowest BCUT2D eigenvalue weighted by atomic mass is 9.78. The molecule has 1 atom stereocenters. The molecule has 0 aromatic heterocycles. The number of rotatable bonds is 5. The van der Waals surface area contributed by atoms with Gasteiger partial charge in [0.05, 0.1) is 0 Å². The molecule has 11 heavy (non-hydrogen) atoms. The Morgan fingerprint density at radius 3 is 2.27 bits per heavy atom. The molecule has 66 valence electrons. The van der Waals surface area contributed by atoms with Crippen molar-refractivity contribution in [2.45, 2.75) is 59.3 Å². The number of hydrogen-bond donors (Lipinski definition) is 0. The van der Waals surface area contributed by atoms with Crippen molar-refractivity contribution >= 4 is 0 Å². The molecule has 0 N–H and O–H groups in total. The van der Waals surface area contributed by atoms with Crippen molar-refractivity contribution in [2.75, 3.05) is 0 Å². The normalized spacial score (nSPS) is 23.2. The second kappa shape index (κ2) is 3.60. The Kier molecular flexibility index (Phi) is 2.98. The van der Waals surface area contributed by atoms with Crippen LogP contribution in [0.2, 0.25) is 0 Å². The van der Waals surface area contributed by atoms with E-state index in [0.29, 0.717) is 5.41 Å². The van der Waals surface area contributed by atoms with Crippen molar-refractivity contribution < 1.29 is 0 Å². The van der Waals surface area contributed by atoms with Crippen molar-refractivity contribution in [3.8, 4) is 0 Å². The number of hydrogen-bond acceptors (Lipinski definition) is 0. The van der Waals surface area contributed by atoms with Gasteiger partial charge in [-0.05, 0) is 30.6 Å². The summed E-state index contributed by atoms with van der Waals surface area (Å²) < 4.78 is 0. The quantitative estimate of drug-likeness (QED) is 0.561. The van der Waals surface area contributed by atoms with Crippen molar-refractivity contribution in [3.63, 3.8) is 0 Å². The summed E-state index contributed by atoms with van der Waals surface area (Å²) in [6, 6.07) is 0. The van der Waals surface area contributed by atoms with E-state index in [1.165, 1.54) is 38.5 Å². The van der Waals surface area contributed by atoms with Gasteiger partial charge in [-0.2, -0.15) is 0 Å². The summed E-state index contributed by atoms with van der Waals surface area (Å²) in [4.78, 5) is 0. The second-order valence-electron chi connectivity index (χ2n) is 4.39. The molecule has 0 saturated heterocycles. The highest BCUT2D eigenvalue weighted by molar-refractivity contribution is 4.89. The van der Waals surface area contributed by atoms with E-state index in [2.05, 4.69) is 20.8 Å². The predicted octanol–water partition coefficient (Wildman–Crippen LogP) is 4.00. The zero-order chi connectivity index (χ0) is 8.32. The van der Waals surface area contributed by atoms with Crippen molar-refractivity contribution in [1.29, 1.82) is 0 Å². The summed E-state index contributed by atoms with van der Waals surface area (Å²) in [7, 11) is 0. The third kappa shape index (κ3) is 2.21. The predicted molar refractivity (Wildman–Crippen MR) is 50.6 cm³/mol. The van der Waals surface area contributed by atoms with E-state index in [0.717, 1.165) is 5.92 Å². The van der Waals surface area contributed by atoms with Gasteiger partial charge in [-0.1, -0.05) is 40.0 Å². The van der Waals surface area contributed by atoms with Crippen LogP contribution in [0.25, 0.3) is 0 Å². The monoisotopic (exact) mass is 154 g/mol. The third-order valence-corrected chi connectivity index (χ3v) is 3.47. The molecule has 1 fully saturated rings. The Morgan fingerprint density at radius 1 is 1.27 bits per heavy atom. The van der Waals surface area contributed by atoms with Gasteiger partial charge in [0.15, 0.2) is 0 Å². The lowest BCUT2D eigenvalue weighted by Crippen LogP contribution is -2.17. The molecule has 0 nitrogen and oxygen atoms in total. The van der Waals surface area contributed by atoms with E-state index in [9.17, 15) is 0 Å². The van der Waals surface area contributed by atoms with E-state index in [1.54, 1.807) is 0 Å². The molecule has 0 heterocycles. The fourth-order valence-corrected chi connectivity index (χ4v) is 2.03. The second-order valence-corrected chi connectivity index (χ2v) is 4.39. The minimum atomic E-state index is 0.704. The molecule has 0 heteroatoms. The van der Waals surface area contributed by atoms with Crippen LogP contribution in [-0.2, 0) is 0 Å². The zero-order valence-electron chi connectivity index (χ0n) is 8.32. The summed E-state index contributed by atoms with van der Waals surface area (Å²) in [5.41, 5.74) is 0.704. The largest absolute Gasteiger partial charge is 0.0654 e. The van der Waals surface area contributed by atoms with Crippen LogP contribution >= 0.6 is 0 Å². The summed E-state index contributed by atoms with van der Waals surface area (Å²) in [6.07, 6.45) is 8.66. The summed E-state index contributed by atoms with van der Waals surface area (Å²) in [5.74, 6) is 1.08. The SMILES string of the molecule is CCCCC(C)(CC)C1CC1. The molecule has 0 bridgehead atoms. The van der Waals surface area contributed by atoms with Crippen LogP contribution < -0.4 is 0 Å². The maximum Gasteiger partial charge on any atom is -0.0300 e. The molecule has 1 unspecified atom stereocenters. The lowest BCUT2D eigenvalue weighted by molar-refractivity contribution is 0.231. The zero-order valence-corrected chi connectivity index (χ0v) is 8.32. The summed E-state index contributed by atoms with van der Waals surface area (Å²) in [6.45, 7) is 7.14. The first-order valence-corrected chi connectivity index (χ1v) is 5.23. The van der Waals surface area contributed by atoms with Crippen molar-refractivity contribution in [2.24, 2.45) is 11.3 Å². The van der Waals surface area contributed by atoms with Gasteiger partial charge >= 0.3 is 0 Å². The van der Waals surface area contributed by atoms with E-state index in [-0.39, 0.29) is 0 Å². The minimum Gasteiger partial charge on any atom is -0.0654 e. The topological polar surface area (TPSA) is 0 Å². The van der Waals surface area contributed by atoms with Gasteiger partial charge in [0, 0.05) is 0 Å². The molecule has 0 aromatic rings. The first kappa shape index (κ1) is 9.09. The Hall–Kier alpha value is 0. The van der Waals surface area contributed by atoms with Crippen LogP contribution in [0.3, 0.4) is 0 Å². The molecule has 1 aliphatic carbocycles. The van der Waals surface area contributed by atoms with Crippen LogP contribution in [0, 0.1) is 11.3 Å². The molecular weight excluding hydrogens is 132 g/mol. The molecule has 0 radical (unpaired) electrons. The standard InChI is InChI=1S/C11H22/c1-4-6-9-11(3,5-2)10-7-8-10/h10H,4-9H2,1-3H3. The minimum absolute atomic E-state index is 0.704. The van der Waals surface area contributed by atoms with Crippen LogP contribution in [0.1, 0.15) is 59.3 Å². The van der Waals surface area contributed by atoms with Crippen LogP contribution in [-0.4, -0.2) is 0 Å². The first-order chi connectivity index (χ1) is 5.23. The Bertz CT molecular complexity index is 113. The molecule has 0 spiro atoms. The smallest absolute Gasteiger partial charge is 0.0300 e. The van der Waals surface area contributed by atoms with Gasteiger partial charge in [-0.3, -0.25) is 0 Å².